The van der Waals surface area contributed by atoms with Gasteiger partial charge in [-0.2, -0.15) is 0 Å². The molecule has 1 saturated carbocycles. The van der Waals surface area contributed by atoms with E-state index in [-0.39, 0.29) is 11.9 Å². The van der Waals surface area contributed by atoms with Crippen molar-refractivity contribution in [3.05, 3.63) is 34.1 Å². The molecule has 0 amide bonds. The molecule has 0 bridgehead atoms. The van der Waals surface area contributed by atoms with Gasteiger partial charge in [-0.05, 0) is 64.9 Å². The number of hydrogen-bond donors (Lipinski definition) is 1. The lowest BCUT2D eigenvalue weighted by Crippen LogP contribution is -2.31. The number of benzene rings is 1. The van der Waals surface area contributed by atoms with Gasteiger partial charge in [0.25, 0.3) is 0 Å². The van der Waals surface area contributed by atoms with Gasteiger partial charge in [0.1, 0.15) is 5.82 Å². The molecule has 3 heteroatoms. The van der Waals surface area contributed by atoms with Crippen molar-refractivity contribution in [2.24, 2.45) is 23.0 Å². The highest BCUT2D eigenvalue weighted by Crippen LogP contribution is 2.43. The van der Waals surface area contributed by atoms with E-state index in [0.717, 1.165) is 18.8 Å². The van der Waals surface area contributed by atoms with Gasteiger partial charge < -0.3 is 5.73 Å². The molecule has 1 atom stereocenters. The molecule has 2 N–H and O–H groups in total. The zero-order valence-electron chi connectivity index (χ0n) is 12.6. The highest BCUT2D eigenvalue weighted by Gasteiger charge is 2.33. The van der Waals surface area contributed by atoms with Gasteiger partial charge in [-0.15, -0.1) is 0 Å². The van der Waals surface area contributed by atoms with Crippen molar-refractivity contribution in [2.75, 3.05) is 0 Å². The number of hydrogen-bond acceptors (Lipinski definition) is 1. The molecule has 1 nitrogen and oxygen atoms in total. The fourth-order valence-corrected chi connectivity index (χ4v) is 3.76. The lowest BCUT2D eigenvalue weighted by Gasteiger charge is -2.38. The molecule has 1 fully saturated rings. The quantitative estimate of drug-likeness (QED) is 0.761. The van der Waals surface area contributed by atoms with Crippen molar-refractivity contribution < 1.29 is 4.39 Å². The Hall–Kier alpha value is -0.410. The second kappa shape index (κ2) is 6.15. The van der Waals surface area contributed by atoms with E-state index < -0.39 is 0 Å². The van der Waals surface area contributed by atoms with E-state index in [0.29, 0.717) is 21.4 Å². The van der Waals surface area contributed by atoms with Crippen molar-refractivity contribution >= 4 is 15.9 Å². The average molecular weight is 342 g/mol. The van der Waals surface area contributed by atoms with Crippen molar-refractivity contribution in [1.82, 2.24) is 0 Å². The monoisotopic (exact) mass is 341 g/mol. The normalized spacial score (nSPS) is 25.5. The second-order valence-electron chi connectivity index (χ2n) is 7.15. The molecule has 0 aliphatic heterocycles. The number of halogens is 2. The van der Waals surface area contributed by atoms with Crippen LogP contribution in [-0.2, 0) is 0 Å². The Morgan fingerprint density at radius 2 is 1.80 bits per heavy atom. The van der Waals surface area contributed by atoms with Gasteiger partial charge in [0.15, 0.2) is 0 Å². The number of nitrogens with two attached hydrogens (primary N) is 1. The van der Waals surface area contributed by atoms with Crippen LogP contribution >= 0.6 is 15.9 Å². The van der Waals surface area contributed by atoms with Gasteiger partial charge in [0.05, 0.1) is 4.47 Å². The molecule has 1 aliphatic rings. The van der Waals surface area contributed by atoms with E-state index in [1.165, 1.54) is 12.8 Å². The van der Waals surface area contributed by atoms with Crippen LogP contribution < -0.4 is 5.73 Å². The first-order valence-electron chi connectivity index (χ1n) is 7.50. The third-order valence-electron chi connectivity index (χ3n) is 4.85. The van der Waals surface area contributed by atoms with E-state index in [1.54, 1.807) is 6.07 Å². The predicted octanol–water partition coefficient (Wildman–Crippen LogP) is 5.44. The van der Waals surface area contributed by atoms with Crippen LogP contribution in [0.25, 0.3) is 0 Å². The maximum Gasteiger partial charge on any atom is 0.142 e. The SMILES string of the molecule is CC(C)(C)C1CCC(C(N)c2cccc(Br)c2F)CC1. The molecule has 1 aromatic rings. The topological polar surface area (TPSA) is 26.0 Å². The molecular formula is C17H25BrFN. The standard InChI is InChI=1S/C17H25BrFN/c1-17(2,3)12-9-7-11(8-10-12)16(20)13-5-4-6-14(18)15(13)19/h4-6,11-12,16H,7-10,20H2,1-3H3. The summed E-state index contributed by atoms with van der Waals surface area (Å²) in [5.41, 5.74) is 7.36. The lowest BCUT2D eigenvalue weighted by atomic mass is 9.68. The van der Waals surface area contributed by atoms with Crippen LogP contribution in [0.2, 0.25) is 0 Å². The van der Waals surface area contributed by atoms with Crippen LogP contribution in [-0.4, -0.2) is 0 Å². The molecule has 1 aliphatic carbocycles. The minimum absolute atomic E-state index is 0.187. The van der Waals surface area contributed by atoms with Crippen molar-refractivity contribution in [3.8, 4) is 0 Å². The van der Waals surface area contributed by atoms with Crippen molar-refractivity contribution in [1.29, 1.82) is 0 Å². The van der Waals surface area contributed by atoms with E-state index in [2.05, 4.69) is 36.7 Å². The van der Waals surface area contributed by atoms with Crippen LogP contribution in [0, 0.1) is 23.1 Å². The Labute approximate surface area is 130 Å². The van der Waals surface area contributed by atoms with E-state index >= 15 is 0 Å². The Bertz CT molecular complexity index is 459. The molecule has 1 aromatic carbocycles. The fraction of sp³-hybridized carbons (Fsp3) is 0.647. The molecule has 0 aromatic heterocycles. The van der Waals surface area contributed by atoms with Gasteiger partial charge in [0.2, 0.25) is 0 Å². The van der Waals surface area contributed by atoms with Crippen molar-refractivity contribution in [3.63, 3.8) is 0 Å². The smallest absolute Gasteiger partial charge is 0.142 e. The summed E-state index contributed by atoms with van der Waals surface area (Å²) >= 11 is 3.24. The molecule has 1 unspecified atom stereocenters. The van der Waals surface area contributed by atoms with Gasteiger partial charge in [-0.1, -0.05) is 32.9 Å². The van der Waals surface area contributed by atoms with Crippen LogP contribution in [0.15, 0.2) is 22.7 Å². The second-order valence-corrected chi connectivity index (χ2v) is 8.00. The first-order chi connectivity index (χ1) is 9.30. The third kappa shape index (κ3) is 3.43. The minimum atomic E-state index is -0.196. The van der Waals surface area contributed by atoms with Gasteiger partial charge in [-0.3, -0.25) is 0 Å². The molecule has 0 spiro atoms. The zero-order valence-corrected chi connectivity index (χ0v) is 14.2. The van der Waals surface area contributed by atoms with Crippen LogP contribution in [0.4, 0.5) is 4.39 Å². The van der Waals surface area contributed by atoms with Crippen LogP contribution in [0.1, 0.15) is 58.1 Å². The Morgan fingerprint density at radius 3 is 2.35 bits per heavy atom. The Morgan fingerprint density at radius 1 is 1.20 bits per heavy atom. The molecule has 2 rings (SSSR count). The first-order valence-corrected chi connectivity index (χ1v) is 8.29. The summed E-state index contributed by atoms with van der Waals surface area (Å²) in [6.07, 6.45) is 4.62. The predicted molar refractivity (Wildman–Crippen MR) is 85.9 cm³/mol. The summed E-state index contributed by atoms with van der Waals surface area (Å²) in [6.45, 7) is 6.93. The molecule has 0 radical (unpaired) electrons. The van der Waals surface area contributed by atoms with Gasteiger partial charge in [0, 0.05) is 11.6 Å². The Balaban J connectivity index is 2.05. The van der Waals surface area contributed by atoms with Crippen LogP contribution in [0.5, 0.6) is 0 Å². The zero-order chi connectivity index (χ0) is 14.9. The molecular weight excluding hydrogens is 317 g/mol. The summed E-state index contributed by atoms with van der Waals surface area (Å²) in [7, 11) is 0. The van der Waals surface area contributed by atoms with E-state index in [4.69, 9.17) is 5.73 Å². The average Bonchev–Trinajstić information content (AvgIpc) is 2.40. The highest BCUT2D eigenvalue weighted by molar-refractivity contribution is 9.10. The number of rotatable bonds is 2. The maximum absolute atomic E-state index is 14.1. The molecule has 0 saturated heterocycles. The third-order valence-corrected chi connectivity index (χ3v) is 5.46. The molecule has 20 heavy (non-hydrogen) atoms. The van der Waals surface area contributed by atoms with Gasteiger partial charge >= 0.3 is 0 Å². The fourth-order valence-electron chi connectivity index (χ4n) is 3.38. The summed E-state index contributed by atoms with van der Waals surface area (Å²) in [6, 6.07) is 5.22. The van der Waals surface area contributed by atoms with E-state index in [1.807, 2.05) is 12.1 Å². The minimum Gasteiger partial charge on any atom is -0.324 e. The summed E-state index contributed by atoms with van der Waals surface area (Å²) in [5.74, 6) is 0.966. The largest absolute Gasteiger partial charge is 0.324 e. The summed E-state index contributed by atoms with van der Waals surface area (Å²) in [5, 5.41) is 0. The highest BCUT2D eigenvalue weighted by atomic mass is 79.9. The van der Waals surface area contributed by atoms with Crippen molar-refractivity contribution in [2.45, 2.75) is 52.5 Å². The Kier molecular flexibility index (Phi) is 4.91. The molecule has 112 valence electrons. The summed E-state index contributed by atoms with van der Waals surface area (Å²) in [4.78, 5) is 0. The summed E-state index contributed by atoms with van der Waals surface area (Å²) < 4.78 is 14.7. The van der Waals surface area contributed by atoms with Crippen LogP contribution in [0.3, 0.4) is 0 Å². The first kappa shape index (κ1) is 16.0. The lowest BCUT2D eigenvalue weighted by molar-refractivity contribution is 0.139. The van der Waals surface area contributed by atoms with Gasteiger partial charge in [-0.25, -0.2) is 4.39 Å². The maximum atomic E-state index is 14.1. The van der Waals surface area contributed by atoms with E-state index in [9.17, 15) is 4.39 Å². The molecule has 0 heterocycles.